The molecule has 2 aromatic carbocycles. The number of ether oxygens (including phenoxy) is 3. The van der Waals surface area contributed by atoms with E-state index in [0.717, 1.165) is 6.42 Å². The summed E-state index contributed by atoms with van der Waals surface area (Å²) in [7, 11) is 1.47. The largest absolute Gasteiger partial charge is 0.493 e. The topological polar surface area (TPSA) is 86.2 Å². The van der Waals surface area contributed by atoms with Gasteiger partial charge in [0.2, 0.25) is 0 Å². The van der Waals surface area contributed by atoms with E-state index in [9.17, 15) is 9.59 Å². The summed E-state index contributed by atoms with van der Waals surface area (Å²) in [4.78, 5) is 23.4. The lowest BCUT2D eigenvalue weighted by Gasteiger charge is -2.09. The second kappa shape index (κ2) is 9.96. The zero-order chi connectivity index (χ0) is 19.6. The van der Waals surface area contributed by atoms with E-state index in [4.69, 9.17) is 14.2 Å². The van der Waals surface area contributed by atoms with Crippen molar-refractivity contribution in [2.75, 3.05) is 13.7 Å². The number of rotatable bonds is 8. The summed E-state index contributed by atoms with van der Waals surface area (Å²) in [5.41, 5.74) is 3.55. The molecule has 0 fully saturated rings. The van der Waals surface area contributed by atoms with Crippen molar-refractivity contribution in [2.45, 2.75) is 20.3 Å². The molecule has 0 bridgehead atoms. The fourth-order valence-electron chi connectivity index (χ4n) is 2.22. The third-order valence-corrected chi connectivity index (χ3v) is 3.41. The Labute approximate surface area is 157 Å². The van der Waals surface area contributed by atoms with Crippen LogP contribution in [0.25, 0.3) is 0 Å². The highest BCUT2D eigenvalue weighted by Crippen LogP contribution is 2.27. The van der Waals surface area contributed by atoms with Crippen molar-refractivity contribution in [2.24, 2.45) is 5.10 Å². The Morgan fingerprint density at radius 2 is 1.89 bits per heavy atom. The van der Waals surface area contributed by atoms with E-state index in [1.807, 2.05) is 13.0 Å². The fourth-order valence-corrected chi connectivity index (χ4v) is 2.22. The van der Waals surface area contributed by atoms with E-state index in [2.05, 4.69) is 10.5 Å². The van der Waals surface area contributed by atoms with Crippen LogP contribution in [0, 0.1) is 0 Å². The zero-order valence-corrected chi connectivity index (χ0v) is 15.5. The summed E-state index contributed by atoms with van der Waals surface area (Å²) in [6.45, 7) is 3.84. The molecule has 0 heterocycles. The van der Waals surface area contributed by atoms with Gasteiger partial charge < -0.3 is 14.2 Å². The maximum absolute atomic E-state index is 12.3. The summed E-state index contributed by atoms with van der Waals surface area (Å²) >= 11 is 0. The summed E-state index contributed by atoms with van der Waals surface area (Å²) < 4.78 is 15.8. The predicted octanol–water partition coefficient (Wildman–Crippen LogP) is 3.17. The van der Waals surface area contributed by atoms with Crippen LogP contribution < -0.4 is 19.6 Å². The van der Waals surface area contributed by atoms with Gasteiger partial charge in [0.15, 0.2) is 11.5 Å². The van der Waals surface area contributed by atoms with Gasteiger partial charge in [-0.1, -0.05) is 19.1 Å². The Hall–Kier alpha value is -3.35. The second-order valence-corrected chi connectivity index (χ2v) is 5.55. The lowest BCUT2D eigenvalue weighted by molar-refractivity contribution is -0.132. The first kappa shape index (κ1) is 20.0. The SMILES string of the molecule is CCCOc1ccccc1C(=O)N/N=C/c1ccc(OC(C)=O)c(OC)c1. The highest BCUT2D eigenvalue weighted by molar-refractivity contribution is 5.97. The standard InChI is InChI=1S/C20H22N2O5/c1-4-11-26-17-8-6-5-7-16(17)20(24)22-21-13-15-9-10-18(27-14(2)23)19(12-15)25-3/h5-10,12-13H,4,11H2,1-3H3,(H,22,24)/b21-13+. The third kappa shape index (κ3) is 5.85. The number of para-hydroxylation sites is 1. The van der Waals surface area contributed by atoms with E-state index < -0.39 is 5.97 Å². The highest BCUT2D eigenvalue weighted by Gasteiger charge is 2.11. The molecule has 0 aromatic heterocycles. The number of nitrogens with one attached hydrogen (secondary N) is 1. The van der Waals surface area contributed by atoms with E-state index in [-0.39, 0.29) is 5.91 Å². The predicted molar refractivity (Wildman–Crippen MR) is 102 cm³/mol. The molecular weight excluding hydrogens is 348 g/mol. The molecule has 0 unspecified atom stereocenters. The summed E-state index contributed by atoms with van der Waals surface area (Å²) in [5.74, 6) is 0.402. The van der Waals surface area contributed by atoms with Gasteiger partial charge in [-0.25, -0.2) is 5.43 Å². The molecule has 0 spiro atoms. The molecule has 1 amide bonds. The summed E-state index contributed by atoms with van der Waals surface area (Å²) in [6, 6.07) is 11.9. The molecular formula is C20H22N2O5. The monoisotopic (exact) mass is 370 g/mol. The Kier molecular flexibility index (Phi) is 7.37. The number of esters is 1. The average Bonchev–Trinajstić information content (AvgIpc) is 2.67. The van der Waals surface area contributed by atoms with Gasteiger partial charge in [-0.2, -0.15) is 5.10 Å². The molecule has 0 saturated heterocycles. The minimum atomic E-state index is -0.439. The lowest BCUT2D eigenvalue weighted by Crippen LogP contribution is -2.18. The quantitative estimate of drug-likeness (QED) is 0.334. The van der Waals surface area contributed by atoms with Crippen LogP contribution in [0.15, 0.2) is 47.6 Å². The van der Waals surface area contributed by atoms with Gasteiger partial charge >= 0.3 is 5.97 Å². The normalized spacial score (nSPS) is 10.5. The molecule has 7 heteroatoms. The summed E-state index contributed by atoms with van der Waals surface area (Å²) in [6.07, 6.45) is 2.31. The third-order valence-electron chi connectivity index (χ3n) is 3.41. The number of hydrogen-bond acceptors (Lipinski definition) is 6. The minimum absolute atomic E-state index is 0.313. The molecule has 0 atom stereocenters. The van der Waals surface area contributed by atoms with Crippen molar-refractivity contribution in [3.05, 3.63) is 53.6 Å². The average molecular weight is 370 g/mol. The van der Waals surface area contributed by atoms with Crippen molar-refractivity contribution in [3.63, 3.8) is 0 Å². The molecule has 0 aliphatic rings. The van der Waals surface area contributed by atoms with Gasteiger partial charge in [-0.15, -0.1) is 0 Å². The number of carbonyl (C=O) groups is 2. The van der Waals surface area contributed by atoms with Crippen LogP contribution in [0.5, 0.6) is 17.2 Å². The fraction of sp³-hybridized carbons (Fsp3) is 0.250. The van der Waals surface area contributed by atoms with E-state index in [0.29, 0.717) is 35.0 Å². The first-order valence-corrected chi connectivity index (χ1v) is 8.46. The number of methoxy groups -OCH3 is 1. The van der Waals surface area contributed by atoms with Crippen LogP contribution in [0.1, 0.15) is 36.2 Å². The van der Waals surface area contributed by atoms with Crippen LogP contribution in [0.3, 0.4) is 0 Å². The van der Waals surface area contributed by atoms with Crippen LogP contribution in [-0.4, -0.2) is 31.8 Å². The molecule has 0 aliphatic heterocycles. The van der Waals surface area contributed by atoms with E-state index in [1.54, 1.807) is 36.4 Å². The Balaban J connectivity index is 2.07. The maximum atomic E-state index is 12.3. The number of amides is 1. The van der Waals surface area contributed by atoms with Crippen LogP contribution in [0.4, 0.5) is 0 Å². The lowest BCUT2D eigenvalue weighted by atomic mass is 10.2. The van der Waals surface area contributed by atoms with Crippen molar-refractivity contribution in [1.82, 2.24) is 5.43 Å². The van der Waals surface area contributed by atoms with E-state index in [1.165, 1.54) is 20.2 Å². The molecule has 0 radical (unpaired) electrons. The van der Waals surface area contributed by atoms with Crippen molar-refractivity contribution >= 4 is 18.1 Å². The zero-order valence-electron chi connectivity index (χ0n) is 15.5. The van der Waals surface area contributed by atoms with E-state index >= 15 is 0 Å². The number of hydrazone groups is 1. The Morgan fingerprint density at radius 3 is 2.59 bits per heavy atom. The van der Waals surface area contributed by atoms with Crippen molar-refractivity contribution < 1.29 is 23.8 Å². The number of benzene rings is 2. The first-order valence-electron chi connectivity index (χ1n) is 8.46. The van der Waals surface area contributed by atoms with Gasteiger partial charge in [0, 0.05) is 6.92 Å². The molecule has 2 aromatic rings. The second-order valence-electron chi connectivity index (χ2n) is 5.55. The highest BCUT2D eigenvalue weighted by atomic mass is 16.6. The Morgan fingerprint density at radius 1 is 1.11 bits per heavy atom. The molecule has 7 nitrogen and oxygen atoms in total. The molecule has 1 N–H and O–H groups in total. The molecule has 0 saturated carbocycles. The summed E-state index contributed by atoms with van der Waals surface area (Å²) in [5, 5.41) is 3.96. The van der Waals surface area contributed by atoms with Crippen molar-refractivity contribution in [3.8, 4) is 17.2 Å². The number of carbonyl (C=O) groups excluding carboxylic acids is 2. The van der Waals surface area contributed by atoms with Gasteiger partial charge in [0.25, 0.3) is 5.91 Å². The number of hydrogen-bond donors (Lipinski definition) is 1. The first-order chi connectivity index (χ1) is 13.0. The molecule has 27 heavy (non-hydrogen) atoms. The molecule has 2 rings (SSSR count). The molecule has 0 aliphatic carbocycles. The minimum Gasteiger partial charge on any atom is -0.493 e. The van der Waals surface area contributed by atoms with Gasteiger partial charge in [-0.05, 0) is 42.3 Å². The molecule has 142 valence electrons. The smallest absolute Gasteiger partial charge is 0.308 e. The number of nitrogens with zero attached hydrogens (tertiary/aromatic N) is 1. The Bertz CT molecular complexity index is 833. The van der Waals surface area contributed by atoms with Crippen LogP contribution in [-0.2, 0) is 4.79 Å². The van der Waals surface area contributed by atoms with Crippen molar-refractivity contribution in [1.29, 1.82) is 0 Å². The van der Waals surface area contributed by atoms with Crippen LogP contribution in [0.2, 0.25) is 0 Å². The van der Waals surface area contributed by atoms with Gasteiger partial charge in [-0.3, -0.25) is 9.59 Å². The van der Waals surface area contributed by atoms with Gasteiger partial charge in [0.1, 0.15) is 5.75 Å². The van der Waals surface area contributed by atoms with Crippen LogP contribution >= 0.6 is 0 Å². The van der Waals surface area contributed by atoms with Gasteiger partial charge in [0.05, 0.1) is 25.5 Å². The maximum Gasteiger partial charge on any atom is 0.308 e.